The van der Waals surface area contributed by atoms with Crippen molar-refractivity contribution in [3.63, 3.8) is 0 Å². The maximum atomic E-state index is 13.8. The molecule has 19 heavy (non-hydrogen) atoms. The molecule has 0 amide bonds. The summed E-state index contributed by atoms with van der Waals surface area (Å²) in [6.07, 6.45) is -0.488. The first-order valence-electron chi connectivity index (χ1n) is 6.43. The summed E-state index contributed by atoms with van der Waals surface area (Å²) in [5.74, 6) is -0.232. The van der Waals surface area contributed by atoms with Crippen LogP contribution >= 0.6 is 0 Å². The minimum absolute atomic E-state index is 0.232. The van der Waals surface area contributed by atoms with Crippen LogP contribution in [0.5, 0.6) is 0 Å². The first-order chi connectivity index (χ1) is 9.13. The highest BCUT2D eigenvalue weighted by Gasteiger charge is 2.11. The molecule has 0 saturated carbocycles. The summed E-state index contributed by atoms with van der Waals surface area (Å²) in [6, 6.07) is 14.3. The Hall–Kier alpha value is -1.87. The molecule has 3 heteroatoms. The highest BCUT2D eigenvalue weighted by atomic mass is 19.1. The predicted molar refractivity (Wildman–Crippen MR) is 76.2 cm³/mol. The monoisotopic (exact) mass is 259 g/mol. The number of rotatable bonds is 4. The van der Waals surface area contributed by atoms with E-state index in [0.717, 1.165) is 11.3 Å². The number of benzene rings is 2. The van der Waals surface area contributed by atoms with Gasteiger partial charge in [0.15, 0.2) is 0 Å². The molecule has 0 saturated heterocycles. The van der Waals surface area contributed by atoms with Crippen molar-refractivity contribution in [3.8, 4) is 0 Å². The maximum absolute atomic E-state index is 13.8. The second-order valence-corrected chi connectivity index (χ2v) is 4.46. The zero-order valence-corrected chi connectivity index (χ0v) is 11.2. The van der Waals surface area contributed by atoms with Crippen molar-refractivity contribution >= 4 is 11.4 Å². The molecule has 0 radical (unpaired) electrons. The Balaban J connectivity index is 2.35. The van der Waals surface area contributed by atoms with Crippen molar-refractivity contribution < 1.29 is 9.50 Å². The first-order valence-corrected chi connectivity index (χ1v) is 6.43. The molecule has 0 aliphatic rings. The molecule has 0 heterocycles. The van der Waals surface area contributed by atoms with Crippen molar-refractivity contribution in [1.82, 2.24) is 0 Å². The number of hydrogen-bond acceptors (Lipinski definition) is 2. The molecule has 2 aromatic rings. The number of anilines is 2. The Labute approximate surface area is 113 Å². The van der Waals surface area contributed by atoms with Crippen molar-refractivity contribution in [2.45, 2.75) is 20.0 Å². The summed E-state index contributed by atoms with van der Waals surface area (Å²) in [6.45, 7) is 4.38. The fourth-order valence-electron chi connectivity index (χ4n) is 2.10. The average Bonchev–Trinajstić information content (AvgIpc) is 2.42. The molecule has 0 unspecified atom stereocenters. The number of hydrogen-bond donors (Lipinski definition) is 1. The summed E-state index contributed by atoms with van der Waals surface area (Å²) < 4.78 is 13.8. The summed E-state index contributed by atoms with van der Waals surface area (Å²) in [7, 11) is 0. The lowest BCUT2D eigenvalue weighted by atomic mass is 10.1. The normalized spacial score (nSPS) is 12.2. The molecule has 100 valence electrons. The van der Waals surface area contributed by atoms with Gasteiger partial charge in [0.05, 0.1) is 11.8 Å². The predicted octanol–water partition coefficient (Wildman–Crippen LogP) is 4.04. The van der Waals surface area contributed by atoms with Gasteiger partial charge in [-0.3, -0.25) is 0 Å². The number of para-hydroxylation sites is 1. The van der Waals surface area contributed by atoms with E-state index in [9.17, 15) is 9.50 Å². The quantitative estimate of drug-likeness (QED) is 0.895. The second-order valence-electron chi connectivity index (χ2n) is 4.46. The molecular formula is C16H18FNO. The molecule has 0 bridgehead atoms. The van der Waals surface area contributed by atoms with Gasteiger partial charge in [0, 0.05) is 12.2 Å². The van der Waals surface area contributed by atoms with Crippen LogP contribution in [0, 0.1) is 5.82 Å². The summed E-state index contributed by atoms with van der Waals surface area (Å²) >= 11 is 0. The Bertz CT molecular complexity index is 537. The van der Waals surface area contributed by atoms with E-state index in [2.05, 4.69) is 0 Å². The molecule has 0 aliphatic heterocycles. The molecule has 0 aliphatic carbocycles. The van der Waals surface area contributed by atoms with E-state index in [0.29, 0.717) is 12.2 Å². The first kappa shape index (κ1) is 13.6. The lowest BCUT2D eigenvalue weighted by Crippen LogP contribution is -2.17. The summed E-state index contributed by atoms with van der Waals surface area (Å²) in [5, 5.41) is 9.50. The number of aliphatic hydroxyl groups excluding tert-OH is 1. The Morgan fingerprint density at radius 1 is 1.11 bits per heavy atom. The Morgan fingerprint density at radius 3 is 2.26 bits per heavy atom. The second kappa shape index (κ2) is 5.85. The highest BCUT2D eigenvalue weighted by Crippen LogP contribution is 2.28. The van der Waals surface area contributed by atoms with Crippen LogP contribution in [-0.2, 0) is 0 Å². The van der Waals surface area contributed by atoms with Crippen molar-refractivity contribution in [1.29, 1.82) is 0 Å². The van der Waals surface area contributed by atoms with E-state index in [-0.39, 0.29) is 5.82 Å². The van der Waals surface area contributed by atoms with Gasteiger partial charge < -0.3 is 10.0 Å². The van der Waals surface area contributed by atoms with Crippen molar-refractivity contribution in [3.05, 3.63) is 59.9 Å². The molecule has 1 atom stereocenters. The van der Waals surface area contributed by atoms with Gasteiger partial charge in [-0.2, -0.15) is 0 Å². The standard InChI is InChI=1S/C16H18FNO/c1-3-18(16-7-5-4-6-15(16)17)14-10-8-13(9-11-14)12(2)19/h4-12,19H,3H2,1-2H3/t12-/m1/s1. The molecule has 0 aromatic heterocycles. The molecule has 2 nitrogen and oxygen atoms in total. The third-order valence-corrected chi connectivity index (χ3v) is 3.15. The fourth-order valence-corrected chi connectivity index (χ4v) is 2.10. The van der Waals surface area contributed by atoms with Gasteiger partial charge in [-0.15, -0.1) is 0 Å². The van der Waals surface area contributed by atoms with E-state index in [1.54, 1.807) is 19.1 Å². The Kier molecular flexibility index (Phi) is 4.17. The van der Waals surface area contributed by atoms with Crippen LogP contribution in [0.1, 0.15) is 25.5 Å². The van der Waals surface area contributed by atoms with Crippen LogP contribution in [0.25, 0.3) is 0 Å². The number of nitrogens with zero attached hydrogens (tertiary/aromatic N) is 1. The smallest absolute Gasteiger partial charge is 0.146 e. The third kappa shape index (κ3) is 2.93. The van der Waals surface area contributed by atoms with Crippen LogP contribution < -0.4 is 4.90 Å². The van der Waals surface area contributed by atoms with Crippen molar-refractivity contribution in [2.75, 3.05) is 11.4 Å². The van der Waals surface area contributed by atoms with Gasteiger partial charge >= 0.3 is 0 Å². The zero-order valence-electron chi connectivity index (χ0n) is 11.2. The molecule has 2 aromatic carbocycles. The summed E-state index contributed by atoms with van der Waals surface area (Å²) in [4.78, 5) is 1.90. The lowest BCUT2D eigenvalue weighted by molar-refractivity contribution is 0.199. The van der Waals surface area contributed by atoms with Crippen LogP contribution in [-0.4, -0.2) is 11.7 Å². The van der Waals surface area contributed by atoms with Crippen molar-refractivity contribution in [2.24, 2.45) is 0 Å². The highest BCUT2D eigenvalue weighted by molar-refractivity contribution is 5.63. The third-order valence-electron chi connectivity index (χ3n) is 3.15. The van der Waals surface area contributed by atoms with Gasteiger partial charge in [0.2, 0.25) is 0 Å². The van der Waals surface area contributed by atoms with Gasteiger partial charge in [0.1, 0.15) is 5.82 Å². The largest absolute Gasteiger partial charge is 0.389 e. The minimum Gasteiger partial charge on any atom is -0.389 e. The summed E-state index contributed by atoms with van der Waals surface area (Å²) in [5.41, 5.74) is 2.33. The van der Waals surface area contributed by atoms with E-state index in [1.165, 1.54) is 6.07 Å². The van der Waals surface area contributed by atoms with E-state index < -0.39 is 6.10 Å². The van der Waals surface area contributed by atoms with Crippen LogP contribution in [0.2, 0.25) is 0 Å². The lowest BCUT2D eigenvalue weighted by Gasteiger charge is -2.24. The molecular weight excluding hydrogens is 241 g/mol. The average molecular weight is 259 g/mol. The molecule has 0 spiro atoms. The molecule has 1 N–H and O–H groups in total. The van der Waals surface area contributed by atoms with Gasteiger partial charge in [-0.25, -0.2) is 4.39 Å². The van der Waals surface area contributed by atoms with Gasteiger partial charge in [-0.1, -0.05) is 24.3 Å². The van der Waals surface area contributed by atoms with E-state index >= 15 is 0 Å². The number of aliphatic hydroxyl groups is 1. The van der Waals surface area contributed by atoms with E-state index in [1.807, 2.05) is 42.2 Å². The van der Waals surface area contributed by atoms with E-state index in [4.69, 9.17) is 0 Å². The maximum Gasteiger partial charge on any atom is 0.146 e. The Morgan fingerprint density at radius 2 is 1.74 bits per heavy atom. The molecule has 2 rings (SSSR count). The fraction of sp³-hybridized carbons (Fsp3) is 0.250. The van der Waals surface area contributed by atoms with Crippen LogP contribution in [0.4, 0.5) is 15.8 Å². The van der Waals surface area contributed by atoms with Gasteiger partial charge in [0.25, 0.3) is 0 Å². The number of halogens is 1. The molecule has 0 fully saturated rings. The van der Waals surface area contributed by atoms with Crippen LogP contribution in [0.3, 0.4) is 0 Å². The SMILES string of the molecule is CCN(c1ccc([C@@H](C)O)cc1)c1ccccc1F. The van der Waals surface area contributed by atoms with Crippen LogP contribution in [0.15, 0.2) is 48.5 Å². The minimum atomic E-state index is -0.488. The van der Waals surface area contributed by atoms with Gasteiger partial charge in [-0.05, 0) is 43.7 Å². The zero-order chi connectivity index (χ0) is 13.8. The topological polar surface area (TPSA) is 23.5 Å².